The maximum Gasteiger partial charge on any atom is 0.274 e. The van der Waals surface area contributed by atoms with Crippen LogP contribution in [0.15, 0.2) is 65.6 Å². The van der Waals surface area contributed by atoms with Crippen LogP contribution < -0.4 is 10.9 Å². The van der Waals surface area contributed by atoms with Gasteiger partial charge in [-0.1, -0.05) is 51.1 Å². The van der Waals surface area contributed by atoms with Crippen molar-refractivity contribution >= 4 is 31.0 Å². The molecule has 7 rings (SSSR count). The number of pyridine rings is 1. The number of phenols is 1. The first-order chi connectivity index (χ1) is 30.1. The number of phenolic OH excluding ortho intramolecular Hbond substituents is 1. The lowest BCUT2D eigenvalue weighted by molar-refractivity contribution is -0.131. The Morgan fingerprint density at radius 2 is 1.84 bits per heavy atom. The number of ether oxygens (including phenoxy) is 2. The molecule has 1 atom stereocenters. The van der Waals surface area contributed by atoms with E-state index in [-0.39, 0.29) is 39.9 Å². The highest BCUT2D eigenvalue weighted by atomic mass is 28.4. The van der Waals surface area contributed by atoms with Crippen LogP contribution in [0, 0.1) is 5.92 Å². The number of nitrogens with one attached hydrogen (secondary N) is 2. The first-order valence-corrected chi connectivity index (χ1v) is 25.8. The van der Waals surface area contributed by atoms with E-state index in [0.717, 1.165) is 56.4 Å². The van der Waals surface area contributed by atoms with Crippen molar-refractivity contribution in [1.29, 1.82) is 0 Å². The molecular weight excluding hydrogens is 815 g/mol. The van der Waals surface area contributed by atoms with Gasteiger partial charge in [0, 0.05) is 77.1 Å². The summed E-state index contributed by atoms with van der Waals surface area (Å²) < 4.78 is 21.1. The Morgan fingerprint density at radius 1 is 1.06 bits per heavy atom. The number of aromatic hydroxyl groups is 1. The molecule has 2 saturated heterocycles. The van der Waals surface area contributed by atoms with Gasteiger partial charge >= 0.3 is 0 Å². The van der Waals surface area contributed by atoms with Crippen LogP contribution in [0.2, 0.25) is 18.1 Å². The molecular formula is C48H69N7O7Si. The number of benzene rings is 2. The number of fused-ring (bicyclic) bond motifs is 1. The van der Waals surface area contributed by atoms with Crippen molar-refractivity contribution in [3.63, 3.8) is 0 Å². The normalized spacial score (nSPS) is 17.7. The zero-order valence-electron chi connectivity index (χ0n) is 38.3. The number of likely N-dealkylation sites (N-methyl/N-ethyl adjacent to an activating group) is 1. The van der Waals surface area contributed by atoms with Gasteiger partial charge in [-0.25, -0.2) is 0 Å². The van der Waals surface area contributed by atoms with Crippen LogP contribution in [0.4, 0.5) is 0 Å². The average Bonchev–Trinajstić information content (AvgIpc) is 3.95. The molecule has 342 valence electrons. The van der Waals surface area contributed by atoms with E-state index in [1.54, 1.807) is 17.0 Å². The van der Waals surface area contributed by atoms with Gasteiger partial charge in [0.05, 0.1) is 50.0 Å². The number of H-pyrrole nitrogens is 1. The molecule has 15 heteroatoms. The quantitative estimate of drug-likeness (QED) is 0.0743. The third-order valence-corrected chi connectivity index (χ3v) is 18.1. The number of morpholine rings is 1. The number of aromatic amines is 1. The highest BCUT2D eigenvalue weighted by molar-refractivity contribution is 6.74. The van der Waals surface area contributed by atoms with E-state index in [9.17, 15) is 19.5 Å². The van der Waals surface area contributed by atoms with Crippen molar-refractivity contribution in [2.45, 2.75) is 102 Å². The third kappa shape index (κ3) is 12.3. The van der Waals surface area contributed by atoms with E-state index in [1.165, 1.54) is 30.0 Å². The van der Waals surface area contributed by atoms with Crippen LogP contribution in [0.1, 0.15) is 86.2 Å². The SMILES string of the molecule is CN(CCNC[C@H](O[Si](C)(C)C(C)(C)C)c1ccc(O)c2[nH]c(=O)ccc12)C(=O)CCOCCc1cccc(CN2CCC3(CC2)CN(C(=O)c2ccn(CC4CC4)n2)CCO3)c1. The lowest BCUT2D eigenvalue weighted by Crippen LogP contribution is -2.58. The Morgan fingerprint density at radius 3 is 2.60 bits per heavy atom. The summed E-state index contributed by atoms with van der Waals surface area (Å²) in [5.41, 5.74) is 3.73. The molecule has 3 fully saturated rings. The second-order valence-corrected chi connectivity index (χ2v) is 24.3. The van der Waals surface area contributed by atoms with Gasteiger partial charge in [-0.2, -0.15) is 5.10 Å². The lowest BCUT2D eigenvalue weighted by atomic mass is 9.89. The minimum absolute atomic E-state index is 0.0101. The Bertz CT molecular complexity index is 2240. The van der Waals surface area contributed by atoms with E-state index in [0.29, 0.717) is 76.1 Å². The second kappa shape index (κ2) is 20.2. The Labute approximate surface area is 373 Å². The highest BCUT2D eigenvalue weighted by Gasteiger charge is 2.42. The standard InChI is InChI=1S/C48H69N7O7Si/c1-47(2,3)63(5,6)62-42(38-12-14-41(56)45-39(38)13-15-43(57)50-45)31-49-21-25-52(4)44(58)18-28-60-27-17-35-8-7-9-37(30-35)32-53-23-19-48(20-24-53)34-54(26-29-61-48)46(59)40-16-22-55(51-40)33-36-10-11-36/h7-9,12-16,22,30,36,42,49,56H,10-11,17-21,23-29,31-34H2,1-6H3,(H,50,57)/t42-/m0/s1. The van der Waals surface area contributed by atoms with Crippen molar-refractivity contribution in [1.82, 2.24) is 34.8 Å². The predicted octanol–water partition coefficient (Wildman–Crippen LogP) is 6.11. The maximum absolute atomic E-state index is 13.4. The fourth-order valence-corrected chi connectivity index (χ4v) is 9.69. The Balaban J connectivity index is 0.803. The average molecular weight is 884 g/mol. The van der Waals surface area contributed by atoms with E-state index in [2.05, 4.69) is 78.4 Å². The molecule has 0 unspecified atom stereocenters. The summed E-state index contributed by atoms with van der Waals surface area (Å²) in [6.45, 7) is 18.9. The first kappa shape index (κ1) is 46.6. The molecule has 14 nitrogen and oxygen atoms in total. The van der Waals surface area contributed by atoms with Gasteiger partial charge in [-0.05, 0) is 91.0 Å². The lowest BCUT2D eigenvalue weighted by Gasteiger charge is -2.47. The van der Waals surface area contributed by atoms with Crippen LogP contribution in [-0.4, -0.2) is 133 Å². The number of rotatable bonds is 19. The molecule has 2 aromatic heterocycles. The van der Waals surface area contributed by atoms with Gasteiger partial charge in [0.1, 0.15) is 11.4 Å². The number of piperidine rings is 1. The molecule has 1 saturated carbocycles. The zero-order valence-corrected chi connectivity index (χ0v) is 39.3. The molecule has 1 spiro atoms. The second-order valence-electron chi connectivity index (χ2n) is 19.5. The van der Waals surface area contributed by atoms with E-state index in [4.69, 9.17) is 13.9 Å². The van der Waals surface area contributed by atoms with Crippen LogP contribution in [-0.2, 0) is 38.2 Å². The van der Waals surface area contributed by atoms with Gasteiger partial charge in [-0.15, -0.1) is 0 Å². The molecule has 3 N–H and O–H groups in total. The minimum Gasteiger partial charge on any atom is -0.506 e. The van der Waals surface area contributed by atoms with Crippen molar-refractivity contribution in [2.24, 2.45) is 5.92 Å². The van der Waals surface area contributed by atoms with E-state index in [1.807, 2.05) is 35.0 Å². The molecule has 0 bridgehead atoms. The number of hydrogen-bond donors (Lipinski definition) is 3. The molecule has 2 aromatic carbocycles. The smallest absolute Gasteiger partial charge is 0.274 e. The first-order valence-electron chi connectivity index (χ1n) is 22.9. The van der Waals surface area contributed by atoms with Gasteiger partial charge in [0.2, 0.25) is 11.5 Å². The fourth-order valence-electron chi connectivity index (χ4n) is 8.42. The number of aromatic nitrogens is 3. The predicted molar refractivity (Wildman–Crippen MR) is 247 cm³/mol. The fraction of sp³-hybridized carbons (Fsp3) is 0.583. The van der Waals surface area contributed by atoms with Gasteiger partial charge < -0.3 is 39.1 Å². The van der Waals surface area contributed by atoms with Gasteiger partial charge in [-0.3, -0.25) is 24.0 Å². The van der Waals surface area contributed by atoms with Crippen LogP contribution in [0.3, 0.4) is 0 Å². The van der Waals surface area contributed by atoms with Crippen LogP contribution in [0.25, 0.3) is 10.9 Å². The molecule has 1 aliphatic carbocycles. The number of likely N-dealkylation sites (tertiary alicyclic amines) is 1. The third-order valence-electron chi connectivity index (χ3n) is 13.6. The molecule has 2 amide bonds. The van der Waals surface area contributed by atoms with Gasteiger partial charge in [0.15, 0.2) is 8.32 Å². The number of carbonyl (C=O) groups excluding carboxylic acids is 2. The largest absolute Gasteiger partial charge is 0.506 e. The van der Waals surface area contributed by atoms with Crippen molar-refractivity contribution in [3.05, 3.63) is 93.5 Å². The Hall–Kier alpha value is -4.38. The summed E-state index contributed by atoms with van der Waals surface area (Å²) in [6.07, 6.45) is 6.98. The Kier molecular flexibility index (Phi) is 14.9. The summed E-state index contributed by atoms with van der Waals surface area (Å²) >= 11 is 0. The molecule has 3 aliphatic rings. The zero-order chi connectivity index (χ0) is 44.8. The number of hydrogen-bond acceptors (Lipinski definition) is 10. The monoisotopic (exact) mass is 884 g/mol. The van der Waals surface area contributed by atoms with E-state index >= 15 is 0 Å². The number of amides is 2. The summed E-state index contributed by atoms with van der Waals surface area (Å²) in [4.78, 5) is 47.4. The molecule has 63 heavy (non-hydrogen) atoms. The van der Waals surface area contributed by atoms with Crippen LogP contribution >= 0.6 is 0 Å². The van der Waals surface area contributed by atoms with Crippen molar-refractivity contribution in [2.75, 3.05) is 72.7 Å². The summed E-state index contributed by atoms with van der Waals surface area (Å²) in [5.74, 6) is 0.767. The van der Waals surface area contributed by atoms with Crippen LogP contribution in [0.5, 0.6) is 5.75 Å². The van der Waals surface area contributed by atoms with E-state index < -0.39 is 8.32 Å². The van der Waals surface area contributed by atoms with Crippen molar-refractivity contribution < 1.29 is 28.6 Å². The number of nitrogens with zero attached hydrogens (tertiary/aromatic N) is 5. The highest BCUT2D eigenvalue weighted by Crippen LogP contribution is 2.41. The van der Waals surface area contributed by atoms with Crippen molar-refractivity contribution in [3.8, 4) is 5.75 Å². The minimum atomic E-state index is -2.21. The molecule has 4 heterocycles. The summed E-state index contributed by atoms with van der Waals surface area (Å²) in [7, 11) is -0.393. The molecule has 2 aliphatic heterocycles. The summed E-state index contributed by atoms with van der Waals surface area (Å²) in [5, 5.41) is 19.3. The molecule has 0 radical (unpaired) electrons. The van der Waals surface area contributed by atoms with Gasteiger partial charge in [0.25, 0.3) is 5.91 Å². The number of carbonyl (C=O) groups is 2. The molecule has 4 aromatic rings. The summed E-state index contributed by atoms with van der Waals surface area (Å²) in [6, 6.07) is 17.2. The maximum atomic E-state index is 13.4. The topological polar surface area (TPSA) is 154 Å².